The van der Waals surface area contributed by atoms with E-state index >= 15 is 0 Å². The van der Waals surface area contributed by atoms with Gasteiger partial charge in [0.2, 0.25) is 5.91 Å². The highest BCUT2D eigenvalue weighted by Crippen LogP contribution is 2.24. The van der Waals surface area contributed by atoms with E-state index in [4.69, 9.17) is 4.74 Å². The molecule has 1 aliphatic rings. The summed E-state index contributed by atoms with van der Waals surface area (Å²) < 4.78 is 5.39. The molecule has 1 aliphatic heterocycles. The van der Waals surface area contributed by atoms with Crippen LogP contribution in [0.5, 0.6) is 5.75 Å². The second-order valence-electron chi connectivity index (χ2n) is 7.35. The highest BCUT2D eigenvalue weighted by Gasteiger charge is 2.23. The molecule has 0 saturated carbocycles. The van der Waals surface area contributed by atoms with Gasteiger partial charge in [-0.3, -0.25) is 14.5 Å². The van der Waals surface area contributed by atoms with Gasteiger partial charge in [0.1, 0.15) is 5.75 Å². The Hall–Kier alpha value is -2.66. The van der Waals surface area contributed by atoms with Crippen molar-refractivity contribution in [1.82, 2.24) is 10.2 Å². The van der Waals surface area contributed by atoms with Gasteiger partial charge < -0.3 is 10.1 Å². The average Bonchev–Trinajstić information content (AvgIpc) is 3.28. The highest BCUT2D eigenvalue weighted by atomic mass is 16.5. The number of ether oxygens (including phenoxy) is 1. The molecule has 1 fully saturated rings. The zero-order valence-corrected chi connectivity index (χ0v) is 17.1. The van der Waals surface area contributed by atoms with Gasteiger partial charge in [0.15, 0.2) is 5.78 Å². The smallest absolute Gasteiger partial charge is 0.220 e. The summed E-state index contributed by atoms with van der Waals surface area (Å²) in [7, 11) is 0. The molecule has 1 amide bonds. The number of carbonyl (C=O) groups excluding carboxylic acids is 2. The van der Waals surface area contributed by atoms with Gasteiger partial charge >= 0.3 is 0 Å². The Labute approximate surface area is 173 Å². The molecule has 1 N–H and O–H groups in total. The molecule has 0 aromatic heterocycles. The number of hydrogen-bond donors (Lipinski definition) is 1. The van der Waals surface area contributed by atoms with Gasteiger partial charge in [-0.05, 0) is 62.7 Å². The van der Waals surface area contributed by atoms with Gasteiger partial charge in [0, 0.05) is 24.9 Å². The van der Waals surface area contributed by atoms with Gasteiger partial charge in [-0.25, -0.2) is 0 Å². The Kier molecular flexibility index (Phi) is 7.82. The fourth-order valence-corrected chi connectivity index (χ4v) is 3.76. The van der Waals surface area contributed by atoms with Crippen LogP contribution in [-0.4, -0.2) is 42.8 Å². The van der Waals surface area contributed by atoms with Crippen LogP contribution in [0.2, 0.25) is 0 Å². The van der Waals surface area contributed by atoms with Crippen molar-refractivity contribution < 1.29 is 14.3 Å². The molecular weight excluding hydrogens is 364 g/mol. The van der Waals surface area contributed by atoms with Crippen LogP contribution in [0.3, 0.4) is 0 Å². The Bertz CT molecular complexity index is 784. The van der Waals surface area contributed by atoms with Gasteiger partial charge in [-0.2, -0.15) is 0 Å². The van der Waals surface area contributed by atoms with E-state index in [0.717, 1.165) is 18.8 Å². The van der Waals surface area contributed by atoms with Crippen LogP contribution in [-0.2, 0) is 4.79 Å². The molecule has 1 saturated heterocycles. The number of ketones is 1. The summed E-state index contributed by atoms with van der Waals surface area (Å²) in [6, 6.07) is 17.6. The molecular formula is C24H30N2O3. The number of rotatable bonds is 10. The summed E-state index contributed by atoms with van der Waals surface area (Å²) >= 11 is 0. The lowest BCUT2D eigenvalue weighted by Gasteiger charge is -2.28. The zero-order chi connectivity index (χ0) is 20.5. The molecule has 0 radical (unpaired) electrons. The standard InChI is InChI=1S/C24H30N2O3/c1-2-29-21-12-10-20(11-13-21)23(27)14-15-24(28)25-18-22(26-16-6-7-17-26)19-8-4-3-5-9-19/h3-5,8-13,22H,2,6-7,14-18H2,1H3,(H,25,28). The quantitative estimate of drug-likeness (QED) is 0.619. The lowest BCUT2D eigenvalue weighted by molar-refractivity contribution is -0.121. The third-order valence-corrected chi connectivity index (χ3v) is 5.32. The van der Waals surface area contributed by atoms with Crippen molar-refractivity contribution >= 4 is 11.7 Å². The third-order valence-electron chi connectivity index (χ3n) is 5.32. The van der Waals surface area contributed by atoms with E-state index in [1.165, 1.54) is 18.4 Å². The Morgan fingerprint density at radius 3 is 2.34 bits per heavy atom. The minimum Gasteiger partial charge on any atom is -0.494 e. The first kappa shape index (κ1) is 21.1. The van der Waals surface area contributed by atoms with Crippen LogP contribution in [0.4, 0.5) is 0 Å². The first-order chi connectivity index (χ1) is 14.2. The van der Waals surface area contributed by atoms with Crippen LogP contribution in [0.25, 0.3) is 0 Å². The second kappa shape index (κ2) is 10.8. The third kappa shape index (κ3) is 6.16. The highest BCUT2D eigenvalue weighted by molar-refractivity contribution is 5.98. The van der Waals surface area contributed by atoms with Crippen LogP contribution in [0.15, 0.2) is 54.6 Å². The molecule has 2 aromatic carbocycles. The van der Waals surface area contributed by atoms with E-state index in [1.54, 1.807) is 24.3 Å². The van der Waals surface area contributed by atoms with E-state index in [1.807, 2.05) is 25.1 Å². The summed E-state index contributed by atoms with van der Waals surface area (Å²) in [6.07, 6.45) is 2.81. The van der Waals surface area contributed by atoms with Crippen molar-refractivity contribution in [3.8, 4) is 5.75 Å². The SMILES string of the molecule is CCOc1ccc(C(=O)CCC(=O)NCC(c2ccccc2)N2CCCC2)cc1. The summed E-state index contributed by atoms with van der Waals surface area (Å²) in [5, 5.41) is 3.04. The first-order valence-corrected chi connectivity index (χ1v) is 10.5. The van der Waals surface area contributed by atoms with E-state index in [2.05, 4.69) is 22.3 Å². The maximum Gasteiger partial charge on any atom is 0.220 e. The maximum absolute atomic E-state index is 12.4. The average molecular weight is 395 g/mol. The largest absolute Gasteiger partial charge is 0.494 e. The second-order valence-corrected chi connectivity index (χ2v) is 7.35. The van der Waals surface area contributed by atoms with E-state index in [0.29, 0.717) is 18.7 Å². The van der Waals surface area contributed by atoms with Crippen LogP contribution in [0.1, 0.15) is 54.6 Å². The fraction of sp³-hybridized carbons (Fsp3) is 0.417. The maximum atomic E-state index is 12.4. The van der Waals surface area contributed by atoms with Gasteiger partial charge in [0.25, 0.3) is 0 Å². The molecule has 1 unspecified atom stereocenters. The lowest BCUT2D eigenvalue weighted by atomic mass is 10.0. The molecule has 5 nitrogen and oxygen atoms in total. The number of hydrogen-bond acceptors (Lipinski definition) is 4. The molecule has 0 spiro atoms. The topological polar surface area (TPSA) is 58.6 Å². The van der Waals surface area contributed by atoms with Crippen molar-refractivity contribution in [3.05, 3.63) is 65.7 Å². The van der Waals surface area contributed by atoms with Crippen LogP contribution >= 0.6 is 0 Å². The van der Waals surface area contributed by atoms with Gasteiger partial charge in [-0.15, -0.1) is 0 Å². The monoisotopic (exact) mass is 394 g/mol. The summed E-state index contributed by atoms with van der Waals surface area (Å²) in [5.41, 5.74) is 1.83. The van der Waals surface area contributed by atoms with E-state index in [9.17, 15) is 9.59 Å². The van der Waals surface area contributed by atoms with Crippen molar-refractivity contribution in [3.63, 3.8) is 0 Å². The minimum absolute atomic E-state index is 0.0256. The lowest BCUT2D eigenvalue weighted by Crippen LogP contribution is -2.36. The van der Waals surface area contributed by atoms with Gasteiger partial charge in [0.05, 0.1) is 12.6 Å². The number of benzene rings is 2. The Balaban J connectivity index is 1.49. The number of amides is 1. The predicted octanol–water partition coefficient (Wildman–Crippen LogP) is 4.00. The van der Waals surface area contributed by atoms with Gasteiger partial charge in [-0.1, -0.05) is 30.3 Å². The molecule has 1 atom stereocenters. The normalized spacial score (nSPS) is 15.1. The van der Waals surface area contributed by atoms with E-state index < -0.39 is 0 Å². The fourth-order valence-electron chi connectivity index (χ4n) is 3.76. The number of Topliss-reactive ketones (excluding diaryl/α,β-unsaturated/α-hetero) is 1. The number of carbonyl (C=O) groups is 2. The molecule has 1 heterocycles. The summed E-state index contributed by atoms with van der Waals surface area (Å²) in [6.45, 7) is 5.20. The molecule has 3 rings (SSSR count). The van der Waals surface area contributed by atoms with Crippen LogP contribution < -0.4 is 10.1 Å². The molecule has 0 bridgehead atoms. The van der Waals surface area contributed by atoms with Crippen molar-refractivity contribution in [2.75, 3.05) is 26.2 Å². The molecule has 0 aliphatic carbocycles. The summed E-state index contributed by atoms with van der Waals surface area (Å²) in [4.78, 5) is 27.2. The van der Waals surface area contributed by atoms with Crippen molar-refractivity contribution in [2.24, 2.45) is 0 Å². The molecule has 154 valence electrons. The number of nitrogens with zero attached hydrogens (tertiary/aromatic N) is 1. The summed E-state index contributed by atoms with van der Waals surface area (Å²) in [5.74, 6) is 0.641. The first-order valence-electron chi connectivity index (χ1n) is 10.5. The number of nitrogens with one attached hydrogen (secondary N) is 1. The number of likely N-dealkylation sites (tertiary alicyclic amines) is 1. The van der Waals surface area contributed by atoms with Crippen LogP contribution in [0, 0.1) is 0 Å². The Morgan fingerprint density at radius 2 is 1.69 bits per heavy atom. The molecule has 5 heteroatoms. The van der Waals surface area contributed by atoms with Crippen molar-refractivity contribution in [2.45, 2.75) is 38.6 Å². The minimum atomic E-state index is -0.0792. The predicted molar refractivity (Wildman–Crippen MR) is 114 cm³/mol. The van der Waals surface area contributed by atoms with Crippen molar-refractivity contribution in [1.29, 1.82) is 0 Å². The molecule has 2 aromatic rings. The molecule has 29 heavy (non-hydrogen) atoms. The Morgan fingerprint density at radius 1 is 1.00 bits per heavy atom. The van der Waals surface area contributed by atoms with E-state index in [-0.39, 0.29) is 30.6 Å². The zero-order valence-electron chi connectivity index (χ0n) is 17.1.